The Bertz CT molecular complexity index is 2550. The van der Waals surface area contributed by atoms with E-state index < -0.39 is 0 Å². The van der Waals surface area contributed by atoms with Gasteiger partial charge in [0.15, 0.2) is 0 Å². The van der Waals surface area contributed by atoms with Gasteiger partial charge in [-0.2, -0.15) is 0 Å². The predicted molar refractivity (Wildman–Crippen MR) is 511 cm³/mol. The van der Waals surface area contributed by atoms with Crippen molar-refractivity contribution in [3.05, 3.63) is 78.9 Å². The normalized spacial score (nSPS) is 14.5. The lowest BCUT2D eigenvalue weighted by molar-refractivity contribution is -0.0561. The molecule has 3 aromatic carbocycles. The van der Waals surface area contributed by atoms with Crippen LogP contribution in [0.3, 0.4) is 0 Å². The zero-order valence-corrected chi connectivity index (χ0v) is 82.6. The molecule has 23 nitrogen and oxygen atoms in total. The zero-order valence-electron chi connectivity index (χ0n) is 82.6. The van der Waals surface area contributed by atoms with Crippen LogP contribution < -0.4 is 24.4 Å². The smallest absolute Gasteiger partial charge is 0.119 e. The van der Waals surface area contributed by atoms with Crippen molar-refractivity contribution in [3.63, 3.8) is 0 Å². The lowest BCUT2D eigenvalue weighted by Gasteiger charge is -2.33. The fourth-order valence-electron chi connectivity index (χ4n) is 13.8. The van der Waals surface area contributed by atoms with Crippen LogP contribution in [0.2, 0.25) is 0 Å². The average Bonchev–Trinajstić information content (AvgIpc) is 0.852. The van der Waals surface area contributed by atoms with Crippen LogP contribution in [-0.2, 0) is 85.3 Å². The minimum absolute atomic E-state index is 0.0564. The van der Waals surface area contributed by atoms with Crippen LogP contribution in [0.5, 0.6) is 17.2 Å². The molecule has 125 heavy (non-hydrogen) atoms. The summed E-state index contributed by atoms with van der Waals surface area (Å²) < 4.78 is 123. The number of hydrogen-bond donors (Lipinski definition) is 1. The van der Waals surface area contributed by atoms with Crippen LogP contribution in [0, 0.1) is 35.5 Å². The fourth-order valence-corrected chi connectivity index (χ4v) is 13.8. The zero-order chi connectivity index (χ0) is 91.3. The van der Waals surface area contributed by atoms with Gasteiger partial charge in [-0.05, 0) is 135 Å². The number of nitrogens with one attached hydrogen (secondary N) is 1. The van der Waals surface area contributed by atoms with Gasteiger partial charge in [-0.25, -0.2) is 0 Å². The molecule has 0 spiro atoms. The highest BCUT2D eigenvalue weighted by atomic mass is 16.6. The first-order valence-electron chi connectivity index (χ1n) is 49.0. The van der Waals surface area contributed by atoms with E-state index in [0.717, 1.165) is 107 Å². The maximum Gasteiger partial charge on any atom is 0.119 e. The molecular weight excluding hydrogens is 1590 g/mol. The number of methoxy groups -OCH3 is 6. The van der Waals surface area contributed by atoms with Crippen molar-refractivity contribution in [3.8, 4) is 17.2 Å². The molecule has 3 aromatic rings. The number of para-hydroxylation sites is 1. The fraction of sp³-hybridized carbons (Fsp3) is 0.824. The summed E-state index contributed by atoms with van der Waals surface area (Å²) in [6.07, 6.45) is 27.9. The predicted octanol–water partition coefficient (Wildman–Crippen LogP) is 21.0. The molecule has 0 aliphatic heterocycles. The highest BCUT2D eigenvalue weighted by Gasteiger charge is 2.25. The largest absolute Gasteiger partial charge is 0.491 e. The Hall–Kier alpha value is -4.06. The molecule has 0 aliphatic carbocycles. The van der Waals surface area contributed by atoms with E-state index in [-0.39, 0.29) is 36.6 Å². The summed E-state index contributed by atoms with van der Waals surface area (Å²) in [6, 6.07) is 26.1. The van der Waals surface area contributed by atoms with Gasteiger partial charge in [0.25, 0.3) is 0 Å². The van der Waals surface area contributed by atoms with Gasteiger partial charge in [-0.3, -0.25) is 0 Å². The van der Waals surface area contributed by atoms with Crippen LogP contribution in [0.15, 0.2) is 78.9 Å². The van der Waals surface area contributed by atoms with Gasteiger partial charge in [0.05, 0.1) is 137 Å². The molecule has 12 unspecified atom stereocenters. The minimum Gasteiger partial charge on any atom is -0.491 e. The molecule has 732 valence electrons. The van der Waals surface area contributed by atoms with Crippen LogP contribution >= 0.6 is 0 Å². The number of ether oxygens (including phenoxy) is 21. The topological polar surface area (TPSA) is 209 Å². The number of benzene rings is 3. The van der Waals surface area contributed by atoms with Gasteiger partial charge in [0.2, 0.25) is 0 Å². The first-order valence-corrected chi connectivity index (χ1v) is 49.0. The Kier molecular flexibility index (Phi) is 83.6. The van der Waals surface area contributed by atoms with Crippen LogP contribution in [0.25, 0.3) is 0 Å². The van der Waals surface area contributed by atoms with E-state index in [1.165, 1.54) is 116 Å². The Balaban J connectivity index is 0.00000102. The van der Waals surface area contributed by atoms with E-state index in [4.69, 9.17) is 99.5 Å². The Labute approximate surface area is 763 Å². The number of unbranched alkanes of at least 4 members (excludes halogenated alkanes) is 6. The molecule has 0 bridgehead atoms. The standard InChI is InChI=1S/C48H91NO10.C34H63NO7.C20H34O4/c1-10-16-19-41(13-4)34-53-37-46(56-29-26-50-7)32-49(33-47(57-30-27-51-8)38-54-35-42(14-5)20-17-11-2)44-22-24-45(25-23-44)59-40-48(58-31-28-52-9)39-55-36-43(15-6)21-18-12-3;1-7-11-13-29(9-3)24-38-26-33(40-21-19-36-5)23-35-31-15-17-32(18-16-31)42-28-34(41-22-20-37-6)27-39-25-30(10-4)14-12-8-2;1-4-6-10-18(5-2)15-22-16-20(23-14-13-21-3)17-24-19-11-8-7-9-12-19/h22-25,41-43,46-48H,10-21,26-40H2,1-9H3;15-18,29-30,33-35H,7-14,19-28H2,1-6H3;7-9,11-12,18,20H,4-6,10,13-17H2,1-3H3. The van der Waals surface area contributed by atoms with E-state index >= 15 is 0 Å². The first kappa shape index (κ1) is 119. The molecule has 12 atom stereocenters. The average molecular weight is 1780 g/mol. The van der Waals surface area contributed by atoms with Crippen LogP contribution in [0.1, 0.15) is 237 Å². The molecule has 1 N–H and O–H groups in total. The third-order valence-electron chi connectivity index (χ3n) is 22.5. The van der Waals surface area contributed by atoms with Crippen molar-refractivity contribution in [2.45, 2.75) is 274 Å². The third kappa shape index (κ3) is 66.9. The van der Waals surface area contributed by atoms with E-state index in [9.17, 15) is 0 Å². The molecule has 23 heteroatoms. The summed E-state index contributed by atoms with van der Waals surface area (Å²) in [5.41, 5.74) is 2.04. The number of hydrogen-bond acceptors (Lipinski definition) is 23. The van der Waals surface area contributed by atoms with Gasteiger partial charge < -0.3 is 110 Å². The minimum atomic E-state index is -0.205. The van der Waals surface area contributed by atoms with Crippen molar-refractivity contribution < 1.29 is 99.5 Å². The van der Waals surface area contributed by atoms with E-state index in [0.29, 0.717) is 194 Å². The van der Waals surface area contributed by atoms with Crippen molar-refractivity contribution in [1.82, 2.24) is 0 Å². The Morgan fingerprint density at radius 1 is 0.248 bits per heavy atom. The van der Waals surface area contributed by atoms with Crippen molar-refractivity contribution in [1.29, 1.82) is 0 Å². The maximum absolute atomic E-state index is 6.43. The molecule has 0 radical (unpaired) electrons. The molecule has 0 saturated heterocycles. The SMILES string of the molecule is CCCCC(CC)COCC(CNc1ccc(OCC(COCC(CC)CCCC)OCCOC)cc1)OCCOC.CCCCC(CC)COCC(COc1ccc(N(CC(COCC(CC)CCCC)OCCOC)CC(COCC(CC)CCCC)OCCOC)cc1)OCCOC.CCCCC(CC)COCC(COc1ccccc1)OCCOC. The van der Waals surface area contributed by atoms with E-state index in [1.807, 2.05) is 66.7 Å². The van der Waals surface area contributed by atoms with E-state index in [1.54, 1.807) is 42.7 Å². The Morgan fingerprint density at radius 2 is 0.488 bits per heavy atom. The number of anilines is 2. The second-order valence-electron chi connectivity index (χ2n) is 33.2. The summed E-state index contributed by atoms with van der Waals surface area (Å²) in [7, 11) is 10.1. The molecule has 3 rings (SSSR count). The molecule has 0 aromatic heterocycles. The summed E-state index contributed by atoms with van der Waals surface area (Å²) in [5, 5.41) is 3.48. The third-order valence-corrected chi connectivity index (χ3v) is 22.5. The molecular formula is C102H188N2O21. The van der Waals surface area contributed by atoms with Crippen molar-refractivity contribution in [2.24, 2.45) is 35.5 Å². The van der Waals surface area contributed by atoms with Gasteiger partial charge in [0.1, 0.15) is 55.4 Å². The van der Waals surface area contributed by atoms with Gasteiger partial charge in [0, 0.05) is 113 Å². The number of nitrogens with zero attached hydrogens (tertiary/aromatic N) is 1. The monoisotopic (exact) mass is 1780 g/mol. The van der Waals surface area contributed by atoms with Crippen LogP contribution in [-0.4, -0.2) is 277 Å². The van der Waals surface area contributed by atoms with Crippen molar-refractivity contribution in [2.75, 3.05) is 251 Å². The highest BCUT2D eigenvalue weighted by molar-refractivity contribution is 5.50. The van der Waals surface area contributed by atoms with Gasteiger partial charge in [-0.1, -0.05) is 217 Å². The number of rotatable bonds is 89. The van der Waals surface area contributed by atoms with E-state index in [2.05, 4.69) is 105 Å². The summed E-state index contributed by atoms with van der Waals surface area (Å²) in [5.74, 6) is 5.93. The first-order chi connectivity index (χ1) is 61.3. The molecule has 0 saturated carbocycles. The maximum atomic E-state index is 6.43. The molecule has 0 fully saturated rings. The quantitative estimate of drug-likeness (QED) is 0.0521. The second-order valence-corrected chi connectivity index (χ2v) is 33.2. The molecule has 0 amide bonds. The second kappa shape index (κ2) is 87.9. The lowest BCUT2D eigenvalue weighted by atomic mass is 10.0. The van der Waals surface area contributed by atoms with Crippen LogP contribution in [0.4, 0.5) is 11.4 Å². The molecule has 0 aliphatic rings. The lowest BCUT2D eigenvalue weighted by Crippen LogP contribution is -2.43. The van der Waals surface area contributed by atoms with Gasteiger partial charge in [-0.15, -0.1) is 0 Å². The summed E-state index contributed by atoms with van der Waals surface area (Å²) >= 11 is 0. The summed E-state index contributed by atoms with van der Waals surface area (Å²) in [6.45, 7) is 44.0. The summed E-state index contributed by atoms with van der Waals surface area (Å²) in [4.78, 5) is 2.33. The van der Waals surface area contributed by atoms with Gasteiger partial charge >= 0.3 is 0 Å². The van der Waals surface area contributed by atoms with Crippen molar-refractivity contribution >= 4 is 11.4 Å². The Morgan fingerprint density at radius 3 is 0.752 bits per heavy atom. The molecule has 0 heterocycles. The highest BCUT2D eigenvalue weighted by Crippen LogP contribution is 2.26.